The van der Waals surface area contributed by atoms with Crippen molar-refractivity contribution in [3.05, 3.63) is 69.9 Å². The number of hydrogen-bond donors (Lipinski definition) is 2. The molecule has 4 rings (SSSR count). The summed E-state index contributed by atoms with van der Waals surface area (Å²) in [4.78, 5) is 43.0. The molecule has 2 aromatic heterocycles. The summed E-state index contributed by atoms with van der Waals surface area (Å²) in [6, 6.07) is 8.72. The van der Waals surface area contributed by atoms with Gasteiger partial charge in [-0.2, -0.15) is 0 Å². The molecular formula is C24H25FN4O3. The first kappa shape index (κ1) is 21.7. The summed E-state index contributed by atoms with van der Waals surface area (Å²) >= 11 is 0. The van der Waals surface area contributed by atoms with Crippen LogP contribution in [0.3, 0.4) is 0 Å². The lowest BCUT2D eigenvalue weighted by Crippen LogP contribution is -2.38. The number of aryl methyl sites for hydroxylation is 1. The Balaban J connectivity index is 1.66. The zero-order chi connectivity index (χ0) is 22.7. The third kappa shape index (κ3) is 4.85. The third-order valence-corrected chi connectivity index (χ3v) is 5.69. The van der Waals surface area contributed by atoms with Crippen LogP contribution in [0.1, 0.15) is 48.2 Å². The topological polar surface area (TPSA) is 93.1 Å². The Hall–Kier alpha value is -3.55. The van der Waals surface area contributed by atoms with E-state index in [1.807, 2.05) is 0 Å². The Labute approximate surface area is 184 Å². The molecule has 0 aliphatic heterocycles. The van der Waals surface area contributed by atoms with E-state index >= 15 is 0 Å². The van der Waals surface area contributed by atoms with Gasteiger partial charge in [-0.25, -0.2) is 9.37 Å². The minimum Gasteiger partial charge on any atom is -0.352 e. The number of carbonyl (C=O) groups is 2. The molecule has 0 spiro atoms. The van der Waals surface area contributed by atoms with Crippen molar-refractivity contribution >= 4 is 28.5 Å². The molecule has 2 amide bonds. The molecule has 1 aromatic carbocycles. The zero-order valence-corrected chi connectivity index (χ0v) is 17.9. The van der Waals surface area contributed by atoms with E-state index in [1.165, 1.54) is 36.9 Å². The molecule has 0 unspecified atom stereocenters. The van der Waals surface area contributed by atoms with Gasteiger partial charge in [0.25, 0.3) is 5.91 Å². The number of anilines is 1. The van der Waals surface area contributed by atoms with Crippen LogP contribution in [-0.4, -0.2) is 27.4 Å². The van der Waals surface area contributed by atoms with Gasteiger partial charge in [0.2, 0.25) is 11.3 Å². The van der Waals surface area contributed by atoms with E-state index in [2.05, 4.69) is 15.6 Å². The SMILES string of the molecule is Cc1ccc2c(=O)c(C(=O)Nc3ccc(F)cc3)cn(CC(=O)NC3CCCCC3)c2n1. The lowest BCUT2D eigenvalue weighted by molar-refractivity contribution is -0.122. The number of nitrogens with one attached hydrogen (secondary N) is 2. The second kappa shape index (κ2) is 9.30. The Morgan fingerprint density at radius 1 is 1.09 bits per heavy atom. The molecule has 0 radical (unpaired) electrons. The molecule has 1 aliphatic rings. The quantitative estimate of drug-likeness (QED) is 0.640. The molecule has 0 saturated heterocycles. The van der Waals surface area contributed by atoms with Crippen LogP contribution in [0.4, 0.5) is 10.1 Å². The number of benzene rings is 1. The standard InChI is InChI=1S/C24H25FN4O3/c1-15-7-12-19-22(31)20(24(32)28-18-10-8-16(25)9-11-18)13-29(23(19)26-15)14-21(30)27-17-5-3-2-4-6-17/h7-13,17H,2-6,14H2,1H3,(H,27,30)(H,28,32). The molecule has 0 bridgehead atoms. The number of hydrogen-bond acceptors (Lipinski definition) is 4. The molecule has 8 heteroatoms. The second-order valence-electron chi connectivity index (χ2n) is 8.19. The summed E-state index contributed by atoms with van der Waals surface area (Å²) in [6.07, 6.45) is 6.67. The highest BCUT2D eigenvalue weighted by molar-refractivity contribution is 6.05. The van der Waals surface area contributed by atoms with Crippen LogP contribution >= 0.6 is 0 Å². The van der Waals surface area contributed by atoms with Crippen molar-refractivity contribution in [3.63, 3.8) is 0 Å². The largest absolute Gasteiger partial charge is 0.352 e. The Kier molecular flexibility index (Phi) is 6.30. The van der Waals surface area contributed by atoms with Crippen LogP contribution in [-0.2, 0) is 11.3 Å². The monoisotopic (exact) mass is 436 g/mol. The van der Waals surface area contributed by atoms with Crippen molar-refractivity contribution in [2.75, 3.05) is 5.32 Å². The smallest absolute Gasteiger partial charge is 0.261 e. The van der Waals surface area contributed by atoms with E-state index in [0.717, 1.165) is 25.7 Å². The average molecular weight is 436 g/mol. The lowest BCUT2D eigenvalue weighted by atomic mass is 9.95. The second-order valence-corrected chi connectivity index (χ2v) is 8.19. The average Bonchev–Trinajstić information content (AvgIpc) is 2.77. The van der Waals surface area contributed by atoms with E-state index in [9.17, 15) is 18.8 Å². The summed E-state index contributed by atoms with van der Waals surface area (Å²) < 4.78 is 14.7. The molecule has 7 nitrogen and oxygen atoms in total. The molecule has 166 valence electrons. The van der Waals surface area contributed by atoms with Crippen molar-refractivity contribution in [2.45, 2.75) is 51.6 Å². The van der Waals surface area contributed by atoms with Gasteiger partial charge in [0.1, 0.15) is 23.6 Å². The van der Waals surface area contributed by atoms with E-state index in [0.29, 0.717) is 17.0 Å². The predicted octanol–water partition coefficient (Wildman–Crippen LogP) is 3.55. The van der Waals surface area contributed by atoms with Gasteiger partial charge in [0.15, 0.2) is 0 Å². The van der Waals surface area contributed by atoms with Crippen LogP contribution < -0.4 is 16.1 Å². The molecule has 2 heterocycles. The Morgan fingerprint density at radius 3 is 2.53 bits per heavy atom. The van der Waals surface area contributed by atoms with Crippen molar-refractivity contribution in [3.8, 4) is 0 Å². The van der Waals surface area contributed by atoms with Crippen LogP contribution in [0, 0.1) is 12.7 Å². The summed E-state index contributed by atoms with van der Waals surface area (Å²) in [7, 11) is 0. The van der Waals surface area contributed by atoms with Gasteiger partial charge >= 0.3 is 0 Å². The van der Waals surface area contributed by atoms with Crippen molar-refractivity contribution < 1.29 is 14.0 Å². The van der Waals surface area contributed by atoms with Crippen molar-refractivity contribution in [1.82, 2.24) is 14.9 Å². The fourth-order valence-electron chi connectivity index (χ4n) is 4.05. The van der Waals surface area contributed by atoms with Crippen LogP contribution in [0.15, 0.2) is 47.4 Å². The minimum absolute atomic E-state index is 0.0550. The zero-order valence-electron chi connectivity index (χ0n) is 17.9. The maximum absolute atomic E-state index is 13.1. The van der Waals surface area contributed by atoms with Crippen molar-refractivity contribution in [2.24, 2.45) is 0 Å². The molecule has 0 atom stereocenters. The maximum atomic E-state index is 13.1. The molecule has 2 N–H and O–H groups in total. The van der Waals surface area contributed by atoms with Crippen molar-refractivity contribution in [1.29, 1.82) is 0 Å². The lowest BCUT2D eigenvalue weighted by Gasteiger charge is -2.23. The summed E-state index contributed by atoms with van der Waals surface area (Å²) in [6.45, 7) is 1.74. The number of nitrogens with zero attached hydrogens (tertiary/aromatic N) is 2. The van der Waals surface area contributed by atoms with Crippen LogP contribution in [0.2, 0.25) is 0 Å². The number of fused-ring (bicyclic) bond motifs is 1. The third-order valence-electron chi connectivity index (χ3n) is 5.69. The van der Waals surface area contributed by atoms with Crippen LogP contribution in [0.25, 0.3) is 11.0 Å². The highest BCUT2D eigenvalue weighted by atomic mass is 19.1. The van der Waals surface area contributed by atoms with Gasteiger partial charge in [-0.1, -0.05) is 19.3 Å². The van der Waals surface area contributed by atoms with E-state index in [4.69, 9.17) is 0 Å². The number of halogens is 1. The summed E-state index contributed by atoms with van der Waals surface area (Å²) in [5.74, 6) is -1.25. The molecule has 3 aromatic rings. The van der Waals surface area contributed by atoms with Crippen LogP contribution in [0.5, 0.6) is 0 Å². The first-order chi connectivity index (χ1) is 15.4. The normalized spacial score (nSPS) is 14.3. The number of carbonyl (C=O) groups excluding carboxylic acids is 2. The summed E-state index contributed by atoms with van der Waals surface area (Å²) in [5, 5.41) is 5.92. The number of aromatic nitrogens is 2. The Morgan fingerprint density at radius 2 is 1.81 bits per heavy atom. The van der Waals surface area contributed by atoms with Gasteiger partial charge in [0.05, 0.1) is 5.39 Å². The molecule has 1 fully saturated rings. The maximum Gasteiger partial charge on any atom is 0.261 e. The first-order valence-electron chi connectivity index (χ1n) is 10.8. The molecule has 1 aliphatic carbocycles. The van der Waals surface area contributed by atoms with E-state index < -0.39 is 17.2 Å². The van der Waals surface area contributed by atoms with Gasteiger partial charge in [-0.05, 0) is 56.2 Å². The van der Waals surface area contributed by atoms with Gasteiger partial charge < -0.3 is 15.2 Å². The fraction of sp³-hybridized carbons (Fsp3) is 0.333. The predicted molar refractivity (Wildman–Crippen MR) is 120 cm³/mol. The first-order valence-corrected chi connectivity index (χ1v) is 10.8. The van der Waals surface area contributed by atoms with E-state index in [1.54, 1.807) is 23.6 Å². The van der Waals surface area contributed by atoms with Gasteiger partial charge in [-0.3, -0.25) is 14.4 Å². The molecule has 32 heavy (non-hydrogen) atoms. The number of amides is 2. The highest BCUT2D eigenvalue weighted by Gasteiger charge is 2.20. The van der Waals surface area contributed by atoms with Gasteiger partial charge in [0, 0.05) is 23.6 Å². The Bertz CT molecular complexity index is 1210. The molecular weight excluding hydrogens is 411 g/mol. The minimum atomic E-state index is -0.634. The number of pyridine rings is 2. The van der Waals surface area contributed by atoms with Gasteiger partial charge in [-0.15, -0.1) is 0 Å². The highest BCUT2D eigenvalue weighted by Crippen LogP contribution is 2.18. The summed E-state index contributed by atoms with van der Waals surface area (Å²) in [5.41, 5.74) is 0.822. The van der Waals surface area contributed by atoms with E-state index in [-0.39, 0.29) is 29.4 Å². The molecule has 1 saturated carbocycles. The number of rotatable bonds is 5. The fourth-order valence-corrected chi connectivity index (χ4v) is 4.05.